The van der Waals surface area contributed by atoms with Crippen LogP contribution in [0.3, 0.4) is 0 Å². The molecule has 0 radical (unpaired) electrons. The van der Waals surface area contributed by atoms with E-state index in [1.165, 1.54) is 37.7 Å². The van der Waals surface area contributed by atoms with Crippen LogP contribution < -0.4 is 0 Å². The molecule has 1 aromatic rings. The average molecular weight is 246 g/mol. The monoisotopic (exact) mass is 246 g/mol. The molecule has 1 unspecified atom stereocenters. The highest BCUT2D eigenvalue weighted by atomic mass is 16.3. The first-order chi connectivity index (χ1) is 8.71. The van der Waals surface area contributed by atoms with Crippen LogP contribution in [0.15, 0.2) is 30.3 Å². The molecule has 0 aromatic heterocycles. The predicted octanol–water partition coefficient (Wildman–Crippen LogP) is 4.34. The summed E-state index contributed by atoms with van der Waals surface area (Å²) in [7, 11) is 0. The van der Waals surface area contributed by atoms with Gasteiger partial charge in [0.15, 0.2) is 0 Å². The number of aliphatic hydroxyl groups excluding tert-OH is 1. The minimum Gasteiger partial charge on any atom is -0.393 e. The molecule has 1 aliphatic carbocycles. The SMILES string of the molecule is CC1(C(O)CCCc2ccccc2)CCCCC1. The van der Waals surface area contributed by atoms with E-state index in [9.17, 15) is 5.11 Å². The van der Waals surface area contributed by atoms with Gasteiger partial charge in [-0.3, -0.25) is 0 Å². The normalized spacial score (nSPS) is 20.6. The van der Waals surface area contributed by atoms with Gasteiger partial charge in [0.1, 0.15) is 0 Å². The van der Waals surface area contributed by atoms with Crippen molar-refractivity contribution in [3.05, 3.63) is 35.9 Å². The van der Waals surface area contributed by atoms with E-state index < -0.39 is 0 Å². The van der Waals surface area contributed by atoms with Crippen molar-refractivity contribution in [1.82, 2.24) is 0 Å². The van der Waals surface area contributed by atoms with Crippen LogP contribution >= 0.6 is 0 Å². The Morgan fingerprint density at radius 3 is 2.44 bits per heavy atom. The second kappa shape index (κ2) is 6.38. The standard InChI is InChI=1S/C17H26O/c1-17(13-6-3-7-14-17)16(18)12-8-11-15-9-4-2-5-10-15/h2,4-5,9-10,16,18H,3,6-8,11-14H2,1H3. The lowest BCUT2D eigenvalue weighted by atomic mass is 9.70. The first-order valence-corrected chi connectivity index (χ1v) is 7.43. The minimum absolute atomic E-state index is 0.110. The van der Waals surface area contributed by atoms with Gasteiger partial charge in [0.2, 0.25) is 0 Å². The number of hydrogen-bond acceptors (Lipinski definition) is 1. The molecule has 1 saturated carbocycles. The van der Waals surface area contributed by atoms with E-state index in [-0.39, 0.29) is 11.5 Å². The van der Waals surface area contributed by atoms with Gasteiger partial charge in [0.25, 0.3) is 0 Å². The molecule has 0 aliphatic heterocycles. The van der Waals surface area contributed by atoms with Crippen LogP contribution in [0.4, 0.5) is 0 Å². The molecule has 0 spiro atoms. The van der Waals surface area contributed by atoms with Crippen LogP contribution in [0, 0.1) is 5.41 Å². The van der Waals surface area contributed by atoms with Crippen LogP contribution in [0.1, 0.15) is 57.4 Å². The molecular formula is C17H26O. The third-order valence-corrected chi connectivity index (χ3v) is 4.59. The third-order valence-electron chi connectivity index (χ3n) is 4.59. The van der Waals surface area contributed by atoms with E-state index in [4.69, 9.17) is 0 Å². The van der Waals surface area contributed by atoms with Gasteiger partial charge in [0.05, 0.1) is 6.10 Å². The van der Waals surface area contributed by atoms with Crippen molar-refractivity contribution in [2.75, 3.05) is 0 Å². The molecule has 1 aliphatic rings. The lowest BCUT2D eigenvalue weighted by molar-refractivity contribution is 0.00314. The van der Waals surface area contributed by atoms with Crippen molar-refractivity contribution < 1.29 is 5.11 Å². The lowest BCUT2D eigenvalue weighted by Gasteiger charge is -2.38. The molecule has 1 heteroatoms. The van der Waals surface area contributed by atoms with Gasteiger partial charge in [0, 0.05) is 0 Å². The van der Waals surface area contributed by atoms with Gasteiger partial charge in [-0.1, -0.05) is 56.5 Å². The van der Waals surface area contributed by atoms with E-state index in [1.54, 1.807) is 0 Å². The second-order valence-electron chi connectivity index (χ2n) is 6.11. The molecular weight excluding hydrogens is 220 g/mol. The van der Waals surface area contributed by atoms with Gasteiger partial charge in [-0.2, -0.15) is 0 Å². The predicted molar refractivity (Wildman–Crippen MR) is 76.6 cm³/mol. The molecule has 0 bridgehead atoms. The Hall–Kier alpha value is -0.820. The molecule has 0 saturated heterocycles. The lowest BCUT2D eigenvalue weighted by Crippen LogP contribution is -2.34. The minimum atomic E-state index is -0.110. The van der Waals surface area contributed by atoms with Gasteiger partial charge in [-0.25, -0.2) is 0 Å². The van der Waals surface area contributed by atoms with Crippen LogP contribution in [0.25, 0.3) is 0 Å². The zero-order valence-electron chi connectivity index (χ0n) is 11.6. The molecule has 1 fully saturated rings. The third kappa shape index (κ3) is 3.58. The van der Waals surface area contributed by atoms with Crippen LogP contribution in [0.5, 0.6) is 0 Å². The Labute approximate surface area is 111 Å². The number of hydrogen-bond donors (Lipinski definition) is 1. The number of rotatable bonds is 5. The van der Waals surface area contributed by atoms with Crippen molar-refractivity contribution in [1.29, 1.82) is 0 Å². The zero-order chi connectivity index (χ0) is 12.8. The smallest absolute Gasteiger partial charge is 0.0593 e. The summed E-state index contributed by atoms with van der Waals surface area (Å²) in [6, 6.07) is 10.6. The van der Waals surface area contributed by atoms with Crippen molar-refractivity contribution >= 4 is 0 Å². The molecule has 1 atom stereocenters. The summed E-state index contributed by atoms with van der Waals surface area (Å²) in [5.41, 5.74) is 1.58. The molecule has 2 rings (SSSR count). The van der Waals surface area contributed by atoms with Crippen molar-refractivity contribution in [3.63, 3.8) is 0 Å². The summed E-state index contributed by atoms with van der Waals surface area (Å²) >= 11 is 0. The van der Waals surface area contributed by atoms with Crippen LogP contribution in [0.2, 0.25) is 0 Å². The molecule has 18 heavy (non-hydrogen) atoms. The van der Waals surface area contributed by atoms with Crippen molar-refractivity contribution in [2.24, 2.45) is 5.41 Å². The van der Waals surface area contributed by atoms with Gasteiger partial charge in [-0.15, -0.1) is 0 Å². The van der Waals surface area contributed by atoms with E-state index in [2.05, 4.69) is 37.3 Å². The summed E-state index contributed by atoms with van der Waals surface area (Å²) in [5, 5.41) is 10.4. The number of aliphatic hydroxyl groups is 1. The highest BCUT2D eigenvalue weighted by Gasteiger charge is 2.33. The van der Waals surface area contributed by atoms with Gasteiger partial charge in [-0.05, 0) is 43.1 Å². The topological polar surface area (TPSA) is 20.2 Å². The highest BCUT2D eigenvalue weighted by molar-refractivity contribution is 5.14. The number of benzene rings is 1. The molecule has 1 nitrogen and oxygen atoms in total. The fourth-order valence-electron chi connectivity index (χ4n) is 3.19. The van der Waals surface area contributed by atoms with Crippen LogP contribution in [-0.4, -0.2) is 11.2 Å². The Morgan fingerprint density at radius 2 is 1.78 bits per heavy atom. The van der Waals surface area contributed by atoms with E-state index >= 15 is 0 Å². The average Bonchev–Trinajstić information content (AvgIpc) is 2.41. The summed E-state index contributed by atoms with van der Waals surface area (Å²) in [6.45, 7) is 2.28. The molecule has 1 aromatic carbocycles. The zero-order valence-corrected chi connectivity index (χ0v) is 11.6. The highest BCUT2D eigenvalue weighted by Crippen LogP contribution is 2.40. The first kappa shape index (κ1) is 13.6. The molecule has 0 amide bonds. The van der Waals surface area contributed by atoms with Crippen molar-refractivity contribution in [3.8, 4) is 0 Å². The Bertz CT molecular complexity index is 338. The Morgan fingerprint density at radius 1 is 1.11 bits per heavy atom. The van der Waals surface area contributed by atoms with E-state index in [0.717, 1.165) is 19.3 Å². The summed E-state index contributed by atoms with van der Waals surface area (Å²) < 4.78 is 0. The van der Waals surface area contributed by atoms with Crippen molar-refractivity contribution in [2.45, 2.75) is 64.4 Å². The molecule has 100 valence electrons. The van der Waals surface area contributed by atoms with E-state index in [1.807, 2.05) is 0 Å². The Balaban J connectivity index is 1.76. The van der Waals surface area contributed by atoms with Gasteiger partial charge >= 0.3 is 0 Å². The number of aryl methyl sites for hydroxylation is 1. The van der Waals surface area contributed by atoms with Gasteiger partial charge < -0.3 is 5.11 Å². The first-order valence-electron chi connectivity index (χ1n) is 7.43. The summed E-state index contributed by atoms with van der Waals surface area (Å²) in [4.78, 5) is 0. The maximum absolute atomic E-state index is 10.4. The van der Waals surface area contributed by atoms with E-state index in [0.29, 0.717) is 0 Å². The quantitative estimate of drug-likeness (QED) is 0.819. The summed E-state index contributed by atoms with van der Waals surface area (Å²) in [6.07, 6.45) is 9.39. The summed E-state index contributed by atoms with van der Waals surface area (Å²) in [5.74, 6) is 0. The molecule has 0 heterocycles. The van der Waals surface area contributed by atoms with Crippen LogP contribution in [-0.2, 0) is 6.42 Å². The Kier molecular flexibility index (Phi) is 4.82. The maximum Gasteiger partial charge on any atom is 0.0593 e. The second-order valence-corrected chi connectivity index (χ2v) is 6.11. The largest absolute Gasteiger partial charge is 0.393 e. The fourth-order valence-corrected chi connectivity index (χ4v) is 3.19. The maximum atomic E-state index is 10.4. The molecule has 1 N–H and O–H groups in total. The fraction of sp³-hybridized carbons (Fsp3) is 0.647.